The molecule has 4 aliphatic rings. The average molecular weight is 276 g/mol. The van der Waals surface area contributed by atoms with E-state index in [0.717, 1.165) is 5.92 Å². The van der Waals surface area contributed by atoms with Gasteiger partial charge in [-0.3, -0.25) is 4.79 Å². The highest BCUT2D eigenvalue weighted by Gasteiger charge is 2.72. The Bertz CT molecular complexity index is 454. The minimum atomic E-state index is 0.119. The summed E-state index contributed by atoms with van der Waals surface area (Å²) in [5.41, 5.74) is 0.881. The van der Waals surface area contributed by atoms with Crippen molar-refractivity contribution in [2.75, 3.05) is 0 Å². The third kappa shape index (κ3) is 1.39. The van der Waals surface area contributed by atoms with Gasteiger partial charge < -0.3 is 4.74 Å². The van der Waals surface area contributed by atoms with Crippen molar-refractivity contribution in [3.8, 4) is 0 Å². The van der Waals surface area contributed by atoms with E-state index in [1.165, 1.54) is 32.1 Å². The normalized spacial score (nSPS) is 56.1. The SMILES string of the molecule is C[C@@H]1C2OC(=O)C3C2CC1(C1CCCC(C)(C)C1)[C@H]3C. The summed E-state index contributed by atoms with van der Waals surface area (Å²) < 4.78 is 5.75. The van der Waals surface area contributed by atoms with Gasteiger partial charge in [-0.2, -0.15) is 0 Å². The van der Waals surface area contributed by atoms with Gasteiger partial charge in [0.1, 0.15) is 6.10 Å². The van der Waals surface area contributed by atoms with Crippen molar-refractivity contribution in [2.24, 2.45) is 40.4 Å². The second-order valence-electron chi connectivity index (χ2n) is 8.94. The van der Waals surface area contributed by atoms with Crippen LogP contribution in [0.15, 0.2) is 0 Å². The molecular weight excluding hydrogens is 248 g/mol. The fraction of sp³-hybridized carbons (Fsp3) is 0.944. The Morgan fingerprint density at radius 2 is 1.90 bits per heavy atom. The maximum absolute atomic E-state index is 12.2. The van der Waals surface area contributed by atoms with Gasteiger partial charge in [0, 0.05) is 5.92 Å². The Hall–Kier alpha value is -0.530. The molecule has 3 aliphatic carbocycles. The smallest absolute Gasteiger partial charge is 0.309 e. The molecule has 0 aromatic rings. The van der Waals surface area contributed by atoms with Crippen LogP contribution < -0.4 is 0 Å². The Balaban J connectivity index is 1.72. The summed E-state index contributed by atoms with van der Waals surface area (Å²) in [6, 6.07) is 0. The Morgan fingerprint density at radius 3 is 2.60 bits per heavy atom. The van der Waals surface area contributed by atoms with Crippen LogP contribution in [-0.2, 0) is 9.53 Å². The summed E-state index contributed by atoms with van der Waals surface area (Å²) in [4.78, 5) is 12.2. The van der Waals surface area contributed by atoms with Crippen molar-refractivity contribution in [1.29, 1.82) is 0 Å². The molecule has 4 rings (SSSR count). The van der Waals surface area contributed by atoms with Crippen LogP contribution >= 0.6 is 0 Å². The average Bonchev–Trinajstić information content (AvgIpc) is 2.91. The van der Waals surface area contributed by atoms with E-state index in [1.54, 1.807) is 0 Å². The third-order valence-corrected chi connectivity index (χ3v) is 7.69. The molecule has 4 fully saturated rings. The van der Waals surface area contributed by atoms with Crippen LogP contribution in [0.1, 0.15) is 59.8 Å². The highest BCUT2D eigenvalue weighted by atomic mass is 16.6. The van der Waals surface area contributed by atoms with Crippen molar-refractivity contribution >= 4 is 5.97 Å². The lowest BCUT2D eigenvalue weighted by Crippen LogP contribution is -2.46. The number of esters is 1. The van der Waals surface area contributed by atoms with E-state index in [-0.39, 0.29) is 18.0 Å². The van der Waals surface area contributed by atoms with Crippen LogP contribution in [0.4, 0.5) is 0 Å². The van der Waals surface area contributed by atoms with Gasteiger partial charge in [0.05, 0.1) is 5.92 Å². The summed E-state index contributed by atoms with van der Waals surface area (Å²) >= 11 is 0. The fourth-order valence-corrected chi connectivity index (χ4v) is 6.87. The van der Waals surface area contributed by atoms with E-state index >= 15 is 0 Å². The number of ether oxygens (including phenoxy) is 1. The molecule has 2 heteroatoms. The monoisotopic (exact) mass is 276 g/mol. The van der Waals surface area contributed by atoms with Crippen molar-refractivity contribution in [3.63, 3.8) is 0 Å². The quantitative estimate of drug-likeness (QED) is 0.676. The summed E-state index contributed by atoms with van der Waals surface area (Å²) in [6.45, 7) is 9.59. The van der Waals surface area contributed by atoms with Gasteiger partial charge >= 0.3 is 5.97 Å². The van der Waals surface area contributed by atoms with Gasteiger partial charge in [0.2, 0.25) is 0 Å². The molecule has 0 aromatic carbocycles. The fourth-order valence-electron chi connectivity index (χ4n) is 6.87. The first kappa shape index (κ1) is 13.2. The predicted molar refractivity (Wildman–Crippen MR) is 78.0 cm³/mol. The molecular formula is C18H28O2. The largest absolute Gasteiger partial charge is 0.462 e. The van der Waals surface area contributed by atoms with E-state index in [1.807, 2.05) is 0 Å². The molecule has 0 spiro atoms. The number of carbonyl (C=O) groups is 1. The summed E-state index contributed by atoms with van der Waals surface area (Å²) in [5.74, 6) is 2.80. The molecule has 112 valence electrons. The molecule has 20 heavy (non-hydrogen) atoms. The molecule has 0 aromatic heterocycles. The first-order chi connectivity index (χ1) is 9.37. The van der Waals surface area contributed by atoms with Crippen LogP contribution in [0.5, 0.6) is 0 Å². The summed E-state index contributed by atoms with van der Waals surface area (Å²) in [6.07, 6.45) is 6.97. The zero-order valence-electron chi connectivity index (χ0n) is 13.3. The van der Waals surface area contributed by atoms with Crippen LogP contribution in [0.3, 0.4) is 0 Å². The van der Waals surface area contributed by atoms with Crippen LogP contribution in [0.25, 0.3) is 0 Å². The highest BCUT2D eigenvalue weighted by Crippen LogP contribution is 2.71. The first-order valence-electron chi connectivity index (χ1n) is 8.57. The zero-order chi connectivity index (χ0) is 14.3. The standard InChI is InChI=1S/C18H28O2/c1-10-14-13-9-18(10,11(2)15(13)20-16(14)19)12-6-5-7-17(3,4)8-12/h10-15H,5-9H2,1-4H3/t10-,11+,12?,13?,14?,15?,18?/m0/s1. The van der Waals surface area contributed by atoms with Crippen molar-refractivity contribution in [3.05, 3.63) is 0 Å². The van der Waals surface area contributed by atoms with Crippen LogP contribution in [0.2, 0.25) is 0 Å². The van der Waals surface area contributed by atoms with Gasteiger partial charge in [0.15, 0.2) is 0 Å². The number of fused-ring (bicyclic) bond motifs is 1. The lowest BCUT2D eigenvalue weighted by molar-refractivity contribution is -0.144. The van der Waals surface area contributed by atoms with E-state index in [0.29, 0.717) is 28.6 Å². The molecule has 3 saturated carbocycles. The second kappa shape index (κ2) is 3.81. The van der Waals surface area contributed by atoms with Gasteiger partial charge in [-0.15, -0.1) is 0 Å². The number of carbonyl (C=O) groups excluding carboxylic acids is 1. The maximum atomic E-state index is 12.2. The van der Waals surface area contributed by atoms with E-state index in [2.05, 4.69) is 27.7 Å². The maximum Gasteiger partial charge on any atom is 0.309 e. The zero-order valence-corrected chi connectivity index (χ0v) is 13.3. The van der Waals surface area contributed by atoms with Crippen molar-refractivity contribution in [1.82, 2.24) is 0 Å². The lowest BCUT2D eigenvalue weighted by atomic mass is 9.54. The Morgan fingerprint density at radius 1 is 1.15 bits per heavy atom. The number of hydrogen-bond acceptors (Lipinski definition) is 2. The molecule has 1 saturated heterocycles. The van der Waals surface area contributed by atoms with Gasteiger partial charge in [-0.05, 0) is 54.3 Å². The van der Waals surface area contributed by atoms with Gasteiger partial charge in [0.25, 0.3) is 0 Å². The first-order valence-corrected chi connectivity index (χ1v) is 8.57. The Kier molecular flexibility index (Phi) is 2.51. The van der Waals surface area contributed by atoms with Gasteiger partial charge in [-0.25, -0.2) is 0 Å². The van der Waals surface area contributed by atoms with Crippen molar-refractivity contribution < 1.29 is 9.53 Å². The highest BCUT2D eigenvalue weighted by molar-refractivity contribution is 5.77. The molecule has 1 heterocycles. The number of hydrogen-bond donors (Lipinski definition) is 0. The topological polar surface area (TPSA) is 26.3 Å². The van der Waals surface area contributed by atoms with E-state index < -0.39 is 0 Å². The van der Waals surface area contributed by atoms with E-state index in [9.17, 15) is 4.79 Å². The molecule has 7 atom stereocenters. The number of rotatable bonds is 1. The lowest BCUT2D eigenvalue weighted by Gasteiger charge is -2.50. The molecule has 5 unspecified atom stereocenters. The van der Waals surface area contributed by atoms with Gasteiger partial charge in [-0.1, -0.05) is 34.1 Å². The molecule has 0 N–H and O–H groups in total. The minimum absolute atomic E-state index is 0.119. The molecule has 2 bridgehead atoms. The molecule has 1 aliphatic heterocycles. The Labute approximate surface area is 122 Å². The third-order valence-electron chi connectivity index (χ3n) is 7.69. The van der Waals surface area contributed by atoms with Crippen LogP contribution in [-0.4, -0.2) is 12.1 Å². The minimum Gasteiger partial charge on any atom is -0.462 e. The predicted octanol–water partition coefficient (Wildman–Crippen LogP) is 4.04. The molecule has 0 radical (unpaired) electrons. The molecule has 0 amide bonds. The molecule has 2 nitrogen and oxygen atoms in total. The van der Waals surface area contributed by atoms with Crippen molar-refractivity contribution in [2.45, 2.75) is 65.9 Å². The summed E-state index contributed by atoms with van der Waals surface area (Å²) in [5, 5.41) is 0. The van der Waals surface area contributed by atoms with Crippen LogP contribution in [0, 0.1) is 40.4 Å². The second-order valence-corrected chi connectivity index (χ2v) is 8.94. The summed E-state index contributed by atoms with van der Waals surface area (Å²) in [7, 11) is 0. The van der Waals surface area contributed by atoms with E-state index in [4.69, 9.17) is 4.74 Å².